The highest BCUT2D eigenvalue weighted by Crippen LogP contribution is 2.29. The fraction of sp³-hybridized carbons (Fsp3) is 0.457. The van der Waals surface area contributed by atoms with Crippen LogP contribution in [0.5, 0.6) is 5.75 Å². The van der Waals surface area contributed by atoms with Gasteiger partial charge < -0.3 is 114 Å². The number of likely N-dealkylation sites (N-methyl/N-ethyl adjacent to an activating group) is 3. The van der Waals surface area contributed by atoms with Gasteiger partial charge in [-0.05, 0) is 83.3 Å². The van der Waals surface area contributed by atoms with E-state index in [1.807, 2.05) is 0 Å². The number of aliphatic carboxylic acids is 2. The minimum atomic E-state index is -2.06. The number of carboxylic acid groups (broad SMARTS) is 2. The number of phenolic OH excluding ortho intramolecular Hbond substituents is 1. The number of hydrogen-bond donors (Lipinski definition) is 17. The average Bonchev–Trinajstić information content (AvgIpc) is 1.77. The van der Waals surface area contributed by atoms with Crippen molar-refractivity contribution in [1.29, 1.82) is 0 Å². The number of nitrogens with two attached hydrogens (primary N) is 2. The predicted octanol–water partition coefficient (Wildman–Crippen LogP) is -1.25. The summed E-state index contributed by atoms with van der Waals surface area (Å²) in [4.78, 5) is 270. The Bertz CT molecular complexity index is 5310. The molecule has 3 saturated heterocycles. The van der Waals surface area contributed by atoms with E-state index in [0.717, 1.165) is 42.7 Å². The van der Waals surface area contributed by atoms with Gasteiger partial charge in [0.2, 0.25) is 94.5 Å². The molecule has 15 atom stereocenters. The molecule has 5 aromatic carbocycles. The smallest absolute Gasteiger partial charge is 0.305 e. The Kier molecular flexibility index (Phi) is 38.1. The topological polar surface area (TPSA) is 601 Å². The van der Waals surface area contributed by atoms with Crippen LogP contribution in [0.1, 0.15) is 113 Å². The first-order valence-electron chi connectivity index (χ1n) is 44.0. The number of benzene rings is 5. The Balaban J connectivity index is 1.15. The van der Waals surface area contributed by atoms with Crippen molar-refractivity contribution in [3.8, 4) is 5.75 Å². The van der Waals surface area contributed by atoms with Gasteiger partial charge in [-0.3, -0.25) is 86.3 Å². The number of aromatic nitrogens is 1. The summed E-state index contributed by atoms with van der Waals surface area (Å²) >= 11 is 0.612. The highest BCUT2D eigenvalue weighted by molar-refractivity contribution is 8.00. The molecule has 16 amide bonds. The van der Waals surface area contributed by atoms with Gasteiger partial charge in [-0.15, -0.1) is 11.8 Å². The Morgan fingerprint density at radius 2 is 1.00 bits per heavy atom. The summed E-state index contributed by atoms with van der Waals surface area (Å²) in [7, 11) is 3.62. The van der Waals surface area contributed by atoms with Gasteiger partial charge in [0.15, 0.2) is 11.6 Å². The third-order valence-corrected chi connectivity index (χ3v) is 24.7. The minimum Gasteiger partial charge on any atom is -0.508 e. The second kappa shape index (κ2) is 49.1. The van der Waals surface area contributed by atoms with Crippen molar-refractivity contribution in [1.82, 2.24) is 77.3 Å². The van der Waals surface area contributed by atoms with E-state index in [0.29, 0.717) is 45.8 Å². The molecule has 0 aliphatic carbocycles. The highest BCUT2D eigenvalue weighted by Gasteiger charge is 2.48. The third-order valence-electron chi connectivity index (χ3n) is 23.6. The lowest BCUT2D eigenvalue weighted by atomic mass is 9.98. The van der Waals surface area contributed by atoms with Crippen LogP contribution in [0.3, 0.4) is 0 Å². The molecule has 0 saturated carbocycles. The van der Waals surface area contributed by atoms with Crippen molar-refractivity contribution >= 4 is 129 Å². The first-order chi connectivity index (χ1) is 64.1. The number of fused-ring (bicyclic) bond motifs is 3. The number of rotatable bonds is 25. The molecule has 6 aromatic rings. The number of carbonyl (C=O) groups is 18. The third kappa shape index (κ3) is 29.5. The van der Waals surface area contributed by atoms with Gasteiger partial charge in [0, 0.05) is 115 Å². The number of amides is 16. The van der Waals surface area contributed by atoms with Gasteiger partial charge in [0.1, 0.15) is 84.3 Å². The molecular weight excluding hydrogens is 1780 g/mol. The molecular formula is C92H115F2N17O23S. The predicted molar refractivity (Wildman–Crippen MR) is 483 cm³/mol. The molecule has 9 rings (SSSR count). The normalized spacial score (nSPS) is 24.4. The van der Waals surface area contributed by atoms with E-state index in [4.69, 9.17) is 11.5 Å². The first-order valence-corrected chi connectivity index (χ1v) is 45.1. The molecule has 43 heteroatoms. The summed E-state index contributed by atoms with van der Waals surface area (Å²) in [5, 5.41) is 76.8. The zero-order valence-electron chi connectivity index (χ0n) is 75.2. The highest BCUT2D eigenvalue weighted by atomic mass is 32.2. The van der Waals surface area contributed by atoms with Crippen molar-refractivity contribution in [2.75, 3.05) is 52.3 Å². The largest absolute Gasteiger partial charge is 0.508 e. The average molecular weight is 1900 g/mol. The van der Waals surface area contributed by atoms with Crippen molar-refractivity contribution in [3.63, 3.8) is 0 Å². The lowest BCUT2D eigenvalue weighted by molar-refractivity contribution is -0.152. The van der Waals surface area contributed by atoms with E-state index in [1.165, 1.54) is 65.5 Å². The summed E-state index contributed by atoms with van der Waals surface area (Å²) in [6, 6.07) is 7.84. The fourth-order valence-corrected chi connectivity index (χ4v) is 17.1. The lowest BCUT2D eigenvalue weighted by Crippen LogP contribution is -2.62. The van der Waals surface area contributed by atoms with Crippen molar-refractivity contribution < 1.29 is 121 Å². The zero-order valence-corrected chi connectivity index (χ0v) is 76.0. The molecule has 3 aliphatic heterocycles. The number of nitrogens with zero attached hydrogens (tertiary/aromatic N) is 5. The number of halogens is 2. The van der Waals surface area contributed by atoms with Gasteiger partial charge in [-0.2, -0.15) is 0 Å². The van der Waals surface area contributed by atoms with Gasteiger partial charge in [-0.1, -0.05) is 131 Å². The van der Waals surface area contributed by atoms with E-state index in [2.05, 4.69) is 52.8 Å². The van der Waals surface area contributed by atoms with E-state index in [1.54, 1.807) is 91.9 Å². The van der Waals surface area contributed by atoms with Gasteiger partial charge in [0.05, 0.1) is 30.9 Å². The maximum atomic E-state index is 15.7. The molecule has 726 valence electrons. The Morgan fingerprint density at radius 3 is 1.59 bits per heavy atom. The number of H-pyrrole nitrogens is 1. The monoisotopic (exact) mass is 1900 g/mol. The number of para-hydroxylation sites is 1. The first kappa shape index (κ1) is 105. The molecule has 3 fully saturated rings. The van der Waals surface area contributed by atoms with Crippen LogP contribution in [0.2, 0.25) is 0 Å². The molecule has 1 aromatic heterocycles. The Morgan fingerprint density at radius 1 is 0.489 bits per heavy atom. The van der Waals surface area contributed by atoms with Crippen molar-refractivity contribution in [3.05, 3.63) is 173 Å². The van der Waals surface area contributed by atoms with Crippen LogP contribution in [0.4, 0.5) is 8.78 Å². The molecule has 3 aliphatic rings. The van der Waals surface area contributed by atoms with E-state index >= 15 is 47.5 Å². The van der Waals surface area contributed by atoms with E-state index in [9.17, 15) is 73.1 Å². The molecule has 0 radical (unpaired) electrons. The SMILES string of the molecule is CCCC[C@H]1C(=O)N2C[C@H](O)C[C@@H]2C(=O)N[C@@H](CC(=O)O)C(=O)N[C@@H](C(C)C)C(=O)N(C)[C@@H](Cc2ccccc2)C(=O)N[C@@H](CCC(N)=O)C(=O)N2C[C@H](O)C[C@@H]2C(=O)N[C@@H](Cc2c[nH]c3ccccc23)C(=O)N[C@@H](Cc2ccc(O)cc2)C(=O)N[C@@H](CCC(=O)O)C(=O)N[C@H](C(=O)NCC(N)=O)CSCC(=O)N[C@@H](Cc2ccc(F)c(F)c2)C(=O)N(C)[C@@H](Cc2ccccc2)C(=O)N1C. The Hall–Kier alpha value is -14.0. The summed E-state index contributed by atoms with van der Waals surface area (Å²) in [6.07, 6.45) is -8.06. The maximum absolute atomic E-state index is 15.7. The summed E-state index contributed by atoms with van der Waals surface area (Å²) in [6.45, 7) is 2.72. The number of hydrogen-bond acceptors (Lipinski definition) is 22. The van der Waals surface area contributed by atoms with Gasteiger partial charge in [0.25, 0.3) is 0 Å². The van der Waals surface area contributed by atoms with Crippen LogP contribution >= 0.6 is 11.8 Å². The number of aromatic amines is 1. The van der Waals surface area contributed by atoms with Crippen LogP contribution in [-0.4, -0.2) is 305 Å². The van der Waals surface area contributed by atoms with Crippen LogP contribution in [0, 0.1) is 17.6 Å². The number of phenols is 1. The summed E-state index contributed by atoms with van der Waals surface area (Å²) in [5.41, 5.74) is 13.1. The standard InChI is InChI=1S/C92H115F2N17O23S/c1-7-8-23-69-91(133)111-46-57(114)41-72(111)87(129)104-66(42-78(120)121)84(126)106-79(49(2)3)92(134)108(5)70(37-50-17-11-9-12-18-50)85(127)101-63(30-32-74(95)115)89(131)110-45-56(113)40-71(110)86(128)103-65(39-54-43-97-61-22-16-15-21-58(54)61)83(125)102-64(35-52-24-27-55(112)28-25-52)82(124)100-62(31-33-77(118)119)81(123)105-68(80(122)98-44-75(96)116)47-135-48-76(117)99-67(36-53-26-29-59(93)60(94)34-53)88(130)109(6)73(90(132)107(69)4)38-51-19-13-10-14-20-51/h9-22,24-29,34,43,49,56-57,62-73,79,97,112-114H,7-8,23,30-33,35-42,44-48H2,1-6H3,(H2,95,115)(H2,96,116)(H,98,122)(H,99,117)(H,100,124)(H,101,127)(H,102,125)(H,103,128)(H,104,129)(H,105,123)(H,106,126)(H,118,119)(H,120,121)/t56-,57-,62+,63+,64+,65+,66+,67+,68+,69+,70+,71-,72-,73+,79+/m1/s1. The molecule has 40 nitrogen and oxygen atoms in total. The lowest BCUT2D eigenvalue weighted by Gasteiger charge is -2.38. The van der Waals surface area contributed by atoms with Crippen molar-refractivity contribution in [2.45, 2.75) is 208 Å². The van der Waals surface area contributed by atoms with Gasteiger partial charge >= 0.3 is 11.9 Å². The zero-order chi connectivity index (χ0) is 98.8. The van der Waals surface area contributed by atoms with Crippen molar-refractivity contribution in [2.24, 2.45) is 17.4 Å². The summed E-state index contributed by atoms with van der Waals surface area (Å²) < 4.78 is 29.8. The number of nitrogens with one attached hydrogen (secondary N) is 10. The number of thioether (sulfide) groups is 1. The van der Waals surface area contributed by atoms with Crippen LogP contribution < -0.4 is 59.3 Å². The molecule has 135 heavy (non-hydrogen) atoms. The quantitative estimate of drug-likeness (QED) is 0.0318. The van der Waals surface area contributed by atoms with Gasteiger partial charge in [-0.25, -0.2) is 8.78 Å². The second-order valence-electron chi connectivity index (χ2n) is 34.0. The number of aliphatic hydroxyl groups is 2. The maximum Gasteiger partial charge on any atom is 0.305 e. The molecule has 4 heterocycles. The number of unbranched alkanes of at least 4 members (excludes halogenated alkanes) is 1. The number of aromatic hydroxyl groups is 1. The molecule has 0 unspecified atom stereocenters. The number of aliphatic hydroxyl groups excluding tert-OH is 2. The number of carbonyl (C=O) groups excluding carboxylic acids is 16. The van der Waals surface area contributed by atoms with E-state index < -0.39 is 310 Å². The molecule has 0 bridgehead atoms. The van der Waals surface area contributed by atoms with Crippen LogP contribution in [0.25, 0.3) is 10.9 Å². The summed E-state index contributed by atoms with van der Waals surface area (Å²) in [5.74, 6) is -25.8. The van der Waals surface area contributed by atoms with E-state index in [-0.39, 0.29) is 42.6 Å². The molecule has 0 spiro atoms. The number of carboxylic acids is 2. The second-order valence-corrected chi connectivity index (χ2v) is 35.1. The molecule has 19 N–H and O–H groups in total. The fourth-order valence-electron chi connectivity index (χ4n) is 16.3. The Labute approximate surface area is 779 Å². The van der Waals surface area contributed by atoms with Crippen LogP contribution in [0.15, 0.2) is 134 Å². The van der Waals surface area contributed by atoms with Crippen LogP contribution in [-0.2, 0) is 118 Å². The minimum absolute atomic E-state index is 0.0678. The number of primary amides is 2.